The highest BCUT2D eigenvalue weighted by Crippen LogP contribution is 2.12. The second kappa shape index (κ2) is 3.46. The van der Waals surface area contributed by atoms with Crippen molar-refractivity contribution in [1.29, 1.82) is 0 Å². The summed E-state index contributed by atoms with van der Waals surface area (Å²) in [5, 5.41) is 0. The van der Waals surface area contributed by atoms with Crippen LogP contribution in [0.4, 0.5) is 0 Å². The van der Waals surface area contributed by atoms with Crippen LogP contribution < -0.4 is 11.3 Å². The second-order valence-electron chi connectivity index (χ2n) is 2.73. The lowest BCUT2D eigenvalue weighted by Crippen LogP contribution is -2.31. The van der Waals surface area contributed by atoms with Gasteiger partial charge in [-0.05, 0) is 12.1 Å². The Labute approximate surface area is 83.2 Å². The summed E-state index contributed by atoms with van der Waals surface area (Å²) in [7, 11) is 0. The maximum Gasteiger partial charge on any atom is 0.336 e. The third-order valence-electron chi connectivity index (χ3n) is 1.85. The number of aromatic nitrogens is 1. The molecule has 0 saturated carbocycles. The van der Waals surface area contributed by atoms with Crippen LogP contribution >= 0.6 is 0 Å². The molecule has 1 aromatic carbocycles. The molecule has 0 aliphatic carbocycles. The molecule has 0 atom stereocenters. The number of rotatable bonds is 2. The number of benzene rings is 1. The molecule has 2 aromatic rings. The van der Waals surface area contributed by atoms with Crippen molar-refractivity contribution in [1.82, 2.24) is 10.3 Å². The van der Waals surface area contributed by atoms with Crippen LogP contribution in [0.15, 0.2) is 33.6 Å². The maximum atomic E-state index is 11.5. The smallest absolute Gasteiger partial charge is 0.290 e. The fourth-order valence-electron chi connectivity index (χ4n) is 1.13. The topological polar surface area (TPSA) is 103 Å². The van der Waals surface area contributed by atoms with Gasteiger partial charge in [0, 0.05) is 0 Å². The fraction of sp³-hybridized carbons (Fsp3) is 0. The quantitative estimate of drug-likeness (QED) is 0.313. The molecule has 0 fully saturated rings. The molecule has 1 amide bonds. The summed E-state index contributed by atoms with van der Waals surface area (Å²) >= 11 is 0. The van der Waals surface area contributed by atoms with Gasteiger partial charge in [-0.1, -0.05) is 12.1 Å². The molecule has 1 heterocycles. The van der Waals surface area contributed by atoms with Crippen molar-refractivity contribution in [2.24, 2.45) is 5.84 Å². The number of nitrogens with one attached hydrogen (secondary N) is 1. The van der Waals surface area contributed by atoms with Crippen LogP contribution in [-0.2, 0) is 0 Å². The molecule has 7 nitrogen and oxygen atoms in total. The lowest BCUT2D eigenvalue weighted by molar-refractivity contribution is 0.0897. The minimum atomic E-state index is -0.561. The van der Waals surface area contributed by atoms with E-state index in [1.165, 1.54) is 12.1 Å². The predicted octanol–water partition coefficient (Wildman–Crippen LogP) is -0.0339. The first-order chi connectivity index (χ1) is 7.24. The van der Waals surface area contributed by atoms with Crippen molar-refractivity contribution in [3.05, 3.63) is 35.4 Å². The molecule has 1 aromatic heterocycles. The molecule has 15 heavy (non-hydrogen) atoms. The van der Waals surface area contributed by atoms with E-state index in [1.807, 2.05) is 5.43 Å². The number of hydrogen-bond donors (Lipinski definition) is 2. The Morgan fingerprint density at radius 2 is 1.80 bits per heavy atom. The monoisotopic (exact) mass is 209 g/mol. The first-order valence-corrected chi connectivity index (χ1v) is 4.03. The Morgan fingerprint density at radius 1 is 1.20 bits per heavy atom. The molecule has 2 rings (SSSR count). The minimum Gasteiger partial charge on any atom is -0.290 e. The van der Waals surface area contributed by atoms with Crippen molar-refractivity contribution in [3.63, 3.8) is 0 Å². The van der Waals surface area contributed by atoms with E-state index < -0.39 is 11.8 Å². The van der Waals surface area contributed by atoms with Gasteiger partial charge in [0.25, 0.3) is 5.91 Å². The van der Waals surface area contributed by atoms with Crippen molar-refractivity contribution in [2.45, 2.75) is 0 Å². The molecular weight excluding hydrogens is 202 g/mol. The summed E-state index contributed by atoms with van der Waals surface area (Å²) in [5.74, 6) is 3.86. The molecule has 78 valence electrons. The van der Waals surface area contributed by atoms with E-state index in [2.05, 4.69) is 9.36 Å². The van der Waals surface area contributed by atoms with Crippen LogP contribution in [0.1, 0.15) is 20.7 Å². The van der Waals surface area contributed by atoms with Crippen LogP contribution in [0.25, 0.3) is 0 Å². The van der Waals surface area contributed by atoms with Gasteiger partial charge in [-0.15, -0.1) is 9.36 Å². The summed E-state index contributed by atoms with van der Waals surface area (Å²) in [6.45, 7) is 0. The van der Waals surface area contributed by atoms with E-state index in [0.717, 1.165) is 0 Å². The number of carbonyl (C=O) groups excluding carboxylic acids is 2. The Bertz CT molecular complexity index is 484. The van der Waals surface area contributed by atoms with Gasteiger partial charge in [0.1, 0.15) is 0 Å². The number of amides is 1. The predicted molar refractivity (Wildman–Crippen MR) is 46.8 cm³/mol. The summed E-state index contributed by atoms with van der Waals surface area (Å²) in [6.07, 6.45) is 0. The molecular formula is C8H7N3O4. The van der Waals surface area contributed by atoms with Crippen molar-refractivity contribution < 1.29 is 19.0 Å². The summed E-state index contributed by atoms with van der Waals surface area (Å²) < 4.78 is 8.43. The van der Waals surface area contributed by atoms with Crippen LogP contribution in [0, 0.1) is 0 Å². The third kappa shape index (κ3) is 1.67. The zero-order valence-electron chi connectivity index (χ0n) is 7.47. The first kappa shape index (κ1) is 9.28. The van der Waals surface area contributed by atoms with E-state index in [4.69, 9.17) is 5.84 Å². The Balaban J connectivity index is 2.43. The number of carbonyl (C=O) groups is 2. The van der Waals surface area contributed by atoms with Crippen molar-refractivity contribution >= 4 is 11.8 Å². The molecule has 0 bridgehead atoms. The van der Waals surface area contributed by atoms with Crippen LogP contribution in [0.5, 0.6) is 0 Å². The molecule has 0 aliphatic heterocycles. The van der Waals surface area contributed by atoms with E-state index in [0.29, 0.717) is 4.91 Å². The Kier molecular flexibility index (Phi) is 2.14. The summed E-state index contributed by atoms with van der Waals surface area (Å²) in [4.78, 5) is 23.5. The van der Waals surface area contributed by atoms with Gasteiger partial charge in [-0.2, -0.15) is 0 Å². The molecule has 0 spiro atoms. The van der Waals surface area contributed by atoms with Gasteiger partial charge >= 0.3 is 5.91 Å². The largest absolute Gasteiger partial charge is 0.336 e. The zero-order chi connectivity index (χ0) is 10.8. The SMILES string of the molecule is NNC(=O)c1ccccc1C(=O)n1oo1. The van der Waals surface area contributed by atoms with Gasteiger partial charge < -0.3 is 0 Å². The molecule has 0 saturated heterocycles. The average Bonchev–Trinajstić information content (AvgIpc) is 3.11. The molecule has 3 N–H and O–H groups in total. The van der Waals surface area contributed by atoms with E-state index in [9.17, 15) is 9.59 Å². The number of hydrazine groups is 1. The second-order valence-corrected chi connectivity index (χ2v) is 2.73. The number of nitrogens with two attached hydrogens (primary N) is 1. The van der Waals surface area contributed by atoms with E-state index >= 15 is 0 Å². The molecule has 0 aliphatic rings. The lowest BCUT2D eigenvalue weighted by Gasteiger charge is -2.02. The summed E-state index contributed by atoms with van der Waals surface area (Å²) in [5.41, 5.74) is 2.25. The number of nitrogens with zero attached hydrogens (tertiary/aromatic N) is 1. The van der Waals surface area contributed by atoms with Crippen LogP contribution in [0.3, 0.4) is 0 Å². The van der Waals surface area contributed by atoms with Gasteiger partial charge in [-0.25, -0.2) is 5.84 Å². The Morgan fingerprint density at radius 3 is 2.33 bits per heavy atom. The van der Waals surface area contributed by atoms with Gasteiger partial charge in [0.05, 0.1) is 16.0 Å². The highest BCUT2D eigenvalue weighted by Gasteiger charge is 2.23. The van der Waals surface area contributed by atoms with Gasteiger partial charge in [0.2, 0.25) is 0 Å². The van der Waals surface area contributed by atoms with Gasteiger partial charge in [0.15, 0.2) is 0 Å². The van der Waals surface area contributed by atoms with Crippen molar-refractivity contribution in [3.8, 4) is 0 Å². The molecule has 7 heteroatoms. The normalized spacial score (nSPS) is 10.2. The Hall–Kier alpha value is -2.28. The number of hydrogen-bond acceptors (Lipinski definition) is 5. The highest BCUT2D eigenvalue weighted by atomic mass is 17.3. The summed E-state index contributed by atoms with van der Waals surface area (Å²) in [6, 6.07) is 6.17. The third-order valence-corrected chi connectivity index (χ3v) is 1.85. The van der Waals surface area contributed by atoms with E-state index in [1.54, 1.807) is 12.1 Å². The highest BCUT2D eigenvalue weighted by molar-refractivity contribution is 6.07. The standard InChI is InChI=1S/C8H7N3O4/c9-10-7(12)5-3-1-2-4-6(5)8(13)11-14-15-11/h1-4H,9H2,(H,10,12). The van der Waals surface area contributed by atoms with Crippen LogP contribution in [0.2, 0.25) is 0 Å². The van der Waals surface area contributed by atoms with Crippen molar-refractivity contribution in [2.75, 3.05) is 0 Å². The first-order valence-electron chi connectivity index (χ1n) is 4.03. The maximum absolute atomic E-state index is 11.5. The molecule has 0 radical (unpaired) electrons. The lowest BCUT2D eigenvalue weighted by atomic mass is 10.1. The van der Waals surface area contributed by atoms with Crippen LogP contribution in [-0.4, -0.2) is 16.7 Å². The minimum absolute atomic E-state index is 0.151. The van der Waals surface area contributed by atoms with Gasteiger partial charge in [-0.3, -0.25) is 15.0 Å². The molecule has 0 unspecified atom stereocenters. The fourth-order valence-corrected chi connectivity index (χ4v) is 1.13. The number of nitrogen functional groups attached to an aromatic ring is 1. The average molecular weight is 209 g/mol. The van der Waals surface area contributed by atoms with E-state index in [-0.39, 0.29) is 11.1 Å². The zero-order valence-corrected chi connectivity index (χ0v) is 7.47.